The molecule has 3 heteroatoms. The lowest BCUT2D eigenvalue weighted by Crippen LogP contribution is -2.40. The van der Waals surface area contributed by atoms with E-state index in [1.807, 2.05) is 19.1 Å². The summed E-state index contributed by atoms with van der Waals surface area (Å²) in [6.07, 6.45) is 5.28. The largest absolute Gasteiger partial charge is 0.316 e. The quantitative estimate of drug-likeness (QED) is 0.918. The molecule has 21 heavy (non-hydrogen) atoms. The molecule has 3 rings (SSSR count). The minimum Gasteiger partial charge on any atom is -0.316 e. The van der Waals surface area contributed by atoms with E-state index in [0.717, 1.165) is 42.6 Å². The third-order valence-corrected chi connectivity index (χ3v) is 5.23. The molecule has 2 fully saturated rings. The van der Waals surface area contributed by atoms with Gasteiger partial charge in [-0.05, 0) is 76.7 Å². The minimum absolute atomic E-state index is 0.0563. The van der Waals surface area contributed by atoms with Crippen LogP contribution in [-0.2, 0) is 6.54 Å². The first kappa shape index (κ1) is 15.0. The van der Waals surface area contributed by atoms with Crippen molar-refractivity contribution in [3.8, 4) is 0 Å². The van der Waals surface area contributed by atoms with Crippen LogP contribution in [-0.4, -0.2) is 31.1 Å². The van der Waals surface area contributed by atoms with Crippen LogP contribution < -0.4 is 5.32 Å². The van der Waals surface area contributed by atoms with Crippen LogP contribution in [0.25, 0.3) is 0 Å². The molecule has 0 bridgehead atoms. The molecule has 116 valence electrons. The van der Waals surface area contributed by atoms with Gasteiger partial charge in [0.25, 0.3) is 0 Å². The highest BCUT2D eigenvalue weighted by atomic mass is 19.1. The van der Waals surface area contributed by atoms with E-state index in [9.17, 15) is 4.39 Å². The molecule has 2 saturated heterocycles. The summed E-state index contributed by atoms with van der Waals surface area (Å²) in [6, 6.07) is 5.44. The van der Waals surface area contributed by atoms with Crippen molar-refractivity contribution >= 4 is 0 Å². The number of hydrogen-bond acceptors (Lipinski definition) is 2. The summed E-state index contributed by atoms with van der Waals surface area (Å²) in [4.78, 5) is 2.42. The fourth-order valence-electron chi connectivity index (χ4n) is 3.93. The number of benzene rings is 1. The Labute approximate surface area is 127 Å². The maximum atomic E-state index is 13.9. The average molecular weight is 290 g/mol. The van der Waals surface area contributed by atoms with Crippen molar-refractivity contribution in [3.63, 3.8) is 0 Å². The molecule has 1 aromatic rings. The van der Waals surface area contributed by atoms with Gasteiger partial charge in [0.05, 0.1) is 0 Å². The van der Waals surface area contributed by atoms with Crippen LogP contribution in [0.15, 0.2) is 18.2 Å². The summed E-state index contributed by atoms with van der Waals surface area (Å²) in [5, 5.41) is 3.53. The van der Waals surface area contributed by atoms with E-state index < -0.39 is 0 Å². The average Bonchev–Trinajstić information content (AvgIpc) is 2.53. The van der Waals surface area contributed by atoms with E-state index in [0.29, 0.717) is 0 Å². The summed E-state index contributed by atoms with van der Waals surface area (Å²) in [5.41, 5.74) is 2.00. The third kappa shape index (κ3) is 3.83. The van der Waals surface area contributed by atoms with Crippen molar-refractivity contribution in [1.82, 2.24) is 10.2 Å². The number of nitrogens with one attached hydrogen (secondary N) is 1. The minimum atomic E-state index is -0.0563. The maximum absolute atomic E-state index is 13.9. The Hall–Kier alpha value is -0.930. The topological polar surface area (TPSA) is 15.3 Å². The van der Waals surface area contributed by atoms with Gasteiger partial charge in [-0.3, -0.25) is 4.90 Å². The lowest BCUT2D eigenvalue weighted by molar-refractivity contribution is 0.127. The number of aryl methyl sites for hydroxylation is 1. The van der Waals surface area contributed by atoms with Gasteiger partial charge in [-0.1, -0.05) is 17.7 Å². The number of likely N-dealkylation sites (tertiary alicyclic amines) is 1. The monoisotopic (exact) mass is 290 g/mol. The highest BCUT2D eigenvalue weighted by molar-refractivity contribution is 5.24. The van der Waals surface area contributed by atoms with Gasteiger partial charge < -0.3 is 5.32 Å². The summed E-state index contributed by atoms with van der Waals surface area (Å²) < 4.78 is 13.9. The van der Waals surface area contributed by atoms with Gasteiger partial charge in [0.2, 0.25) is 0 Å². The lowest BCUT2D eigenvalue weighted by Gasteiger charge is -2.37. The third-order valence-electron chi connectivity index (χ3n) is 5.23. The Balaban J connectivity index is 1.52. The Bertz CT molecular complexity index is 460. The first-order valence-electron chi connectivity index (χ1n) is 8.40. The Morgan fingerprint density at radius 3 is 2.71 bits per heavy atom. The number of halogens is 1. The van der Waals surface area contributed by atoms with Crippen LogP contribution >= 0.6 is 0 Å². The van der Waals surface area contributed by atoms with Gasteiger partial charge >= 0.3 is 0 Å². The molecule has 0 saturated carbocycles. The highest BCUT2D eigenvalue weighted by Gasteiger charge is 2.27. The normalized spacial score (nSPS) is 25.1. The van der Waals surface area contributed by atoms with Crippen molar-refractivity contribution in [3.05, 3.63) is 35.1 Å². The standard InChI is InChI=1S/C18H27FN2/c1-14-4-5-18(19)17(11-14)13-21-9-6-15(7-10-21)16-3-2-8-20-12-16/h4-5,11,15-16,20H,2-3,6-10,12-13H2,1H3. The van der Waals surface area contributed by atoms with Crippen LogP contribution in [0.5, 0.6) is 0 Å². The van der Waals surface area contributed by atoms with Crippen LogP contribution in [0.3, 0.4) is 0 Å². The van der Waals surface area contributed by atoms with Gasteiger partial charge in [0, 0.05) is 12.1 Å². The van der Waals surface area contributed by atoms with Gasteiger partial charge in [-0.25, -0.2) is 4.39 Å². The number of rotatable bonds is 3. The second kappa shape index (κ2) is 6.89. The van der Waals surface area contributed by atoms with E-state index in [-0.39, 0.29) is 5.82 Å². The van der Waals surface area contributed by atoms with Crippen LogP contribution in [0.4, 0.5) is 4.39 Å². The first-order valence-corrected chi connectivity index (χ1v) is 8.40. The smallest absolute Gasteiger partial charge is 0.127 e. The SMILES string of the molecule is Cc1ccc(F)c(CN2CCC(C3CCCNC3)CC2)c1. The van der Waals surface area contributed by atoms with Crippen LogP contribution in [0.1, 0.15) is 36.8 Å². The molecule has 0 aliphatic carbocycles. The van der Waals surface area contributed by atoms with E-state index in [4.69, 9.17) is 0 Å². The van der Waals surface area contributed by atoms with Crippen molar-refractivity contribution < 1.29 is 4.39 Å². The summed E-state index contributed by atoms with van der Waals surface area (Å²) in [7, 11) is 0. The number of nitrogens with zero attached hydrogens (tertiary/aromatic N) is 1. The highest BCUT2D eigenvalue weighted by Crippen LogP contribution is 2.30. The molecule has 0 spiro atoms. The maximum Gasteiger partial charge on any atom is 0.127 e. The molecule has 2 heterocycles. The zero-order chi connectivity index (χ0) is 14.7. The van der Waals surface area contributed by atoms with E-state index in [2.05, 4.69) is 10.2 Å². The molecular formula is C18H27FN2. The molecule has 0 amide bonds. The first-order chi connectivity index (χ1) is 10.2. The molecular weight excluding hydrogens is 263 g/mol. The summed E-state index contributed by atoms with van der Waals surface area (Å²) in [6.45, 7) is 7.44. The molecule has 1 unspecified atom stereocenters. The Kier molecular flexibility index (Phi) is 4.91. The molecule has 2 aliphatic rings. The van der Waals surface area contributed by atoms with E-state index in [1.54, 1.807) is 6.07 Å². The lowest BCUT2D eigenvalue weighted by atomic mass is 9.80. The Morgan fingerprint density at radius 1 is 1.19 bits per heavy atom. The summed E-state index contributed by atoms with van der Waals surface area (Å²) in [5.74, 6) is 1.69. The second-order valence-corrected chi connectivity index (χ2v) is 6.81. The van der Waals surface area contributed by atoms with Gasteiger partial charge in [-0.2, -0.15) is 0 Å². The molecule has 0 aromatic heterocycles. The summed E-state index contributed by atoms with van der Waals surface area (Å²) >= 11 is 0. The fourth-order valence-corrected chi connectivity index (χ4v) is 3.93. The fraction of sp³-hybridized carbons (Fsp3) is 0.667. The number of piperidine rings is 2. The van der Waals surface area contributed by atoms with E-state index in [1.165, 1.54) is 38.8 Å². The second-order valence-electron chi connectivity index (χ2n) is 6.81. The van der Waals surface area contributed by atoms with Crippen molar-refractivity contribution in [2.45, 2.75) is 39.2 Å². The molecule has 1 atom stereocenters. The van der Waals surface area contributed by atoms with Crippen molar-refractivity contribution in [1.29, 1.82) is 0 Å². The van der Waals surface area contributed by atoms with Gasteiger partial charge in [0.15, 0.2) is 0 Å². The van der Waals surface area contributed by atoms with Crippen LogP contribution in [0.2, 0.25) is 0 Å². The Morgan fingerprint density at radius 2 is 2.00 bits per heavy atom. The molecule has 0 radical (unpaired) electrons. The zero-order valence-electron chi connectivity index (χ0n) is 13.1. The van der Waals surface area contributed by atoms with Crippen LogP contribution in [0, 0.1) is 24.6 Å². The van der Waals surface area contributed by atoms with E-state index >= 15 is 0 Å². The predicted octanol–water partition coefficient (Wildman–Crippen LogP) is 3.35. The molecule has 2 aliphatic heterocycles. The van der Waals surface area contributed by atoms with Gasteiger partial charge in [-0.15, -0.1) is 0 Å². The van der Waals surface area contributed by atoms with Gasteiger partial charge in [0.1, 0.15) is 5.82 Å². The predicted molar refractivity (Wildman–Crippen MR) is 84.7 cm³/mol. The molecule has 2 nitrogen and oxygen atoms in total. The zero-order valence-corrected chi connectivity index (χ0v) is 13.1. The molecule has 1 aromatic carbocycles. The molecule has 1 N–H and O–H groups in total. The number of hydrogen-bond donors (Lipinski definition) is 1. The van der Waals surface area contributed by atoms with Crippen molar-refractivity contribution in [2.75, 3.05) is 26.2 Å². The van der Waals surface area contributed by atoms with Crippen molar-refractivity contribution in [2.24, 2.45) is 11.8 Å².